The van der Waals surface area contributed by atoms with Gasteiger partial charge in [-0.2, -0.15) is 0 Å². The lowest BCUT2D eigenvalue weighted by Gasteiger charge is -2.22. The van der Waals surface area contributed by atoms with Gasteiger partial charge in [0.15, 0.2) is 0 Å². The molecule has 2 aromatic heterocycles. The Morgan fingerprint density at radius 3 is 2.94 bits per heavy atom. The van der Waals surface area contributed by atoms with Crippen molar-refractivity contribution in [2.24, 2.45) is 0 Å². The van der Waals surface area contributed by atoms with Crippen LogP contribution in [0.5, 0.6) is 0 Å². The number of rotatable bonds is 2. The zero-order chi connectivity index (χ0) is 12.5. The minimum absolute atomic E-state index is 0.0503. The van der Waals surface area contributed by atoms with Crippen molar-refractivity contribution in [3.8, 4) is 0 Å². The van der Waals surface area contributed by atoms with E-state index in [-0.39, 0.29) is 11.9 Å². The second-order valence-corrected chi connectivity index (χ2v) is 4.61. The molecule has 0 fully saturated rings. The fourth-order valence-corrected chi connectivity index (χ4v) is 2.49. The summed E-state index contributed by atoms with van der Waals surface area (Å²) in [5.74, 6) is 1.56. The van der Waals surface area contributed by atoms with Crippen LogP contribution in [0.2, 0.25) is 0 Å². The van der Waals surface area contributed by atoms with Crippen molar-refractivity contribution in [3.05, 3.63) is 47.3 Å². The molecule has 0 radical (unpaired) electrons. The molecule has 0 aliphatic heterocycles. The number of aryl methyl sites for hydroxylation is 2. The van der Waals surface area contributed by atoms with E-state index in [1.165, 1.54) is 6.26 Å². The van der Waals surface area contributed by atoms with E-state index in [9.17, 15) is 4.79 Å². The predicted molar refractivity (Wildman–Crippen MR) is 65.3 cm³/mol. The summed E-state index contributed by atoms with van der Waals surface area (Å²) >= 11 is 0. The molecule has 1 aliphatic rings. The average molecular weight is 245 g/mol. The smallest absolute Gasteiger partial charge is 0.255 e. The highest BCUT2D eigenvalue weighted by atomic mass is 16.3. The largest absolute Gasteiger partial charge is 0.469 e. The molecular weight excluding hydrogens is 230 g/mol. The molecule has 0 spiro atoms. The third-order valence-corrected chi connectivity index (χ3v) is 3.46. The Balaban J connectivity index is 1.79. The number of nitrogens with one attached hydrogen (secondary N) is 1. The fourth-order valence-electron chi connectivity index (χ4n) is 2.49. The van der Waals surface area contributed by atoms with Crippen LogP contribution in [0.4, 0.5) is 0 Å². The van der Waals surface area contributed by atoms with Crippen LogP contribution in [-0.4, -0.2) is 5.91 Å². The number of furan rings is 2. The normalized spacial score (nSPS) is 18.4. The van der Waals surface area contributed by atoms with Gasteiger partial charge < -0.3 is 14.2 Å². The SMILES string of the molecule is Cc1occc1C(=O)NC1CCCc2occc21. The summed E-state index contributed by atoms with van der Waals surface area (Å²) in [7, 11) is 0. The molecule has 2 aromatic rings. The predicted octanol–water partition coefficient (Wildman–Crippen LogP) is 2.99. The van der Waals surface area contributed by atoms with Crippen molar-refractivity contribution in [3.63, 3.8) is 0 Å². The van der Waals surface area contributed by atoms with E-state index in [0.29, 0.717) is 11.3 Å². The van der Waals surface area contributed by atoms with Gasteiger partial charge in [-0.15, -0.1) is 0 Å². The molecule has 0 saturated carbocycles. The first-order chi connectivity index (χ1) is 8.75. The molecule has 1 N–H and O–H groups in total. The molecule has 94 valence electrons. The first-order valence-electron chi connectivity index (χ1n) is 6.17. The number of carbonyl (C=O) groups is 1. The Hall–Kier alpha value is -1.97. The van der Waals surface area contributed by atoms with E-state index in [2.05, 4.69) is 5.32 Å². The van der Waals surface area contributed by atoms with Crippen molar-refractivity contribution >= 4 is 5.91 Å². The second-order valence-electron chi connectivity index (χ2n) is 4.61. The van der Waals surface area contributed by atoms with E-state index >= 15 is 0 Å². The Bertz CT molecular complexity index is 567. The Labute approximate surface area is 105 Å². The van der Waals surface area contributed by atoms with Crippen molar-refractivity contribution in [1.29, 1.82) is 0 Å². The monoisotopic (exact) mass is 245 g/mol. The van der Waals surface area contributed by atoms with Crippen LogP contribution in [-0.2, 0) is 6.42 Å². The highest BCUT2D eigenvalue weighted by Gasteiger charge is 2.25. The van der Waals surface area contributed by atoms with Crippen molar-refractivity contribution in [2.75, 3.05) is 0 Å². The molecule has 1 atom stereocenters. The Morgan fingerprint density at radius 2 is 2.17 bits per heavy atom. The number of hydrogen-bond acceptors (Lipinski definition) is 3. The number of carbonyl (C=O) groups excluding carboxylic acids is 1. The van der Waals surface area contributed by atoms with E-state index in [0.717, 1.165) is 30.6 Å². The van der Waals surface area contributed by atoms with Gasteiger partial charge in [0.05, 0.1) is 24.1 Å². The third kappa shape index (κ3) is 1.83. The van der Waals surface area contributed by atoms with Gasteiger partial charge >= 0.3 is 0 Å². The quantitative estimate of drug-likeness (QED) is 0.884. The fraction of sp³-hybridized carbons (Fsp3) is 0.357. The first kappa shape index (κ1) is 11.1. The standard InChI is InChI=1S/C14H15NO3/c1-9-10(5-7-17-9)14(16)15-12-3-2-4-13-11(12)6-8-18-13/h5-8,12H,2-4H2,1H3,(H,15,16). The maximum Gasteiger partial charge on any atom is 0.255 e. The Morgan fingerprint density at radius 1 is 1.33 bits per heavy atom. The average Bonchev–Trinajstić information content (AvgIpc) is 2.97. The minimum atomic E-state index is -0.0831. The molecule has 18 heavy (non-hydrogen) atoms. The molecule has 4 heteroatoms. The maximum absolute atomic E-state index is 12.1. The minimum Gasteiger partial charge on any atom is -0.469 e. The van der Waals surface area contributed by atoms with Gasteiger partial charge in [0.1, 0.15) is 11.5 Å². The Kier molecular flexibility index (Phi) is 2.70. The number of fused-ring (bicyclic) bond motifs is 1. The van der Waals surface area contributed by atoms with Crippen molar-refractivity contribution in [1.82, 2.24) is 5.32 Å². The molecule has 1 amide bonds. The molecule has 2 heterocycles. The first-order valence-corrected chi connectivity index (χ1v) is 6.17. The summed E-state index contributed by atoms with van der Waals surface area (Å²) in [6, 6.07) is 3.69. The zero-order valence-corrected chi connectivity index (χ0v) is 10.2. The van der Waals surface area contributed by atoms with Gasteiger partial charge in [-0.3, -0.25) is 4.79 Å². The van der Waals surface area contributed by atoms with E-state index in [1.807, 2.05) is 6.07 Å². The summed E-state index contributed by atoms with van der Waals surface area (Å²) in [4.78, 5) is 12.1. The number of hydrogen-bond donors (Lipinski definition) is 1. The van der Waals surface area contributed by atoms with Crippen LogP contribution in [0.25, 0.3) is 0 Å². The molecular formula is C14H15NO3. The highest BCUT2D eigenvalue weighted by molar-refractivity contribution is 5.95. The van der Waals surface area contributed by atoms with Gasteiger partial charge in [-0.25, -0.2) is 0 Å². The summed E-state index contributed by atoms with van der Waals surface area (Å²) < 4.78 is 10.6. The van der Waals surface area contributed by atoms with Gasteiger partial charge in [0.2, 0.25) is 0 Å². The van der Waals surface area contributed by atoms with Crippen molar-refractivity contribution < 1.29 is 13.6 Å². The summed E-state index contributed by atoms with van der Waals surface area (Å²) in [5.41, 5.74) is 1.71. The van der Waals surface area contributed by atoms with Gasteiger partial charge in [0.25, 0.3) is 5.91 Å². The van der Waals surface area contributed by atoms with Gasteiger partial charge in [-0.1, -0.05) is 0 Å². The topological polar surface area (TPSA) is 55.4 Å². The van der Waals surface area contributed by atoms with E-state index < -0.39 is 0 Å². The number of amides is 1. The lowest BCUT2D eigenvalue weighted by atomic mass is 9.93. The molecule has 1 aliphatic carbocycles. The van der Waals surface area contributed by atoms with Crippen LogP contribution in [0, 0.1) is 6.92 Å². The molecule has 0 bridgehead atoms. The van der Waals surface area contributed by atoms with E-state index in [4.69, 9.17) is 8.83 Å². The summed E-state index contributed by atoms with van der Waals surface area (Å²) in [5, 5.41) is 3.05. The van der Waals surface area contributed by atoms with Crippen LogP contribution in [0.15, 0.2) is 33.5 Å². The molecule has 4 nitrogen and oxygen atoms in total. The second kappa shape index (κ2) is 4.37. The van der Waals surface area contributed by atoms with Crippen LogP contribution in [0.3, 0.4) is 0 Å². The van der Waals surface area contributed by atoms with Crippen molar-refractivity contribution in [2.45, 2.75) is 32.2 Å². The highest BCUT2D eigenvalue weighted by Crippen LogP contribution is 2.30. The van der Waals surface area contributed by atoms with Gasteiger partial charge in [-0.05, 0) is 31.9 Å². The summed E-state index contributed by atoms with van der Waals surface area (Å²) in [6.07, 6.45) is 6.18. The molecule has 0 saturated heterocycles. The third-order valence-electron chi connectivity index (χ3n) is 3.46. The van der Waals surface area contributed by atoms with E-state index in [1.54, 1.807) is 19.3 Å². The lowest BCUT2D eigenvalue weighted by molar-refractivity contribution is 0.0930. The van der Waals surface area contributed by atoms with Crippen LogP contribution < -0.4 is 5.32 Å². The lowest BCUT2D eigenvalue weighted by Crippen LogP contribution is -2.30. The maximum atomic E-state index is 12.1. The zero-order valence-electron chi connectivity index (χ0n) is 10.2. The summed E-state index contributed by atoms with van der Waals surface area (Å²) in [6.45, 7) is 1.79. The molecule has 3 rings (SSSR count). The van der Waals surface area contributed by atoms with Crippen LogP contribution >= 0.6 is 0 Å². The molecule has 0 aromatic carbocycles. The van der Waals surface area contributed by atoms with Crippen LogP contribution in [0.1, 0.15) is 46.3 Å². The van der Waals surface area contributed by atoms with Gasteiger partial charge in [0, 0.05) is 12.0 Å². The molecule has 1 unspecified atom stereocenters.